The van der Waals surface area contributed by atoms with E-state index in [0.717, 1.165) is 19.3 Å². The first-order valence-electron chi connectivity index (χ1n) is 5.12. The number of nitrogen functional groups attached to an aromatic ring is 1. The Morgan fingerprint density at radius 1 is 1.62 bits per heavy atom. The van der Waals surface area contributed by atoms with Gasteiger partial charge in [-0.2, -0.15) is 5.26 Å². The lowest BCUT2D eigenvalue weighted by Gasteiger charge is -2.11. The molecule has 0 aromatic carbocycles. The Kier molecular flexibility index (Phi) is 3.15. The third kappa shape index (κ3) is 2.36. The summed E-state index contributed by atoms with van der Waals surface area (Å²) in [6, 6.07) is 3.54. The molecule has 2 atom stereocenters. The summed E-state index contributed by atoms with van der Waals surface area (Å²) in [7, 11) is 0. The second-order valence-electron chi connectivity index (χ2n) is 3.80. The standard InChI is InChI=1S/C10H12N4OS/c11-5-6-2-1-3-7(6)16-10-13-8(12)4-9(15)14-10/h4,6-7H,1-3H2,(H3,12,13,14,15). The van der Waals surface area contributed by atoms with E-state index in [0.29, 0.717) is 5.16 Å². The van der Waals surface area contributed by atoms with E-state index in [1.807, 2.05) is 0 Å². The lowest BCUT2D eigenvalue weighted by Crippen LogP contribution is -2.13. The van der Waals surface area contributed by atoms with Crippen LogP contribution in [0.5, 0.6) is 0 Å². The highest BCUT2D eigenvalue weighted by Crippen LogP contribution is 2.37. The minimum Gasteiger partial charge on any atom is -0.383 e. The lowest BCUT2D eigenvalue weighted by atomic mass is 10.1. The molecule has 1 aliphatic carbocycles. The second-order valence-corrected chi connectivity index (χ2v) is 5.03. The monoisotopic (exact) mass is 236 g/mol. The van der Waals surface area contributed by atoms with Gasteiger partial charge in [-0.15, -0.1) is 0 Å². The third-order valence-electron chi connectivity index (χ3n) is 2.62. The van der Waals surface area contributed by atoms with Crippen LogP contribution in [0.2, 0.25) is 0 Å². The van der Waals surface area contributed by atoms with Gasteiger partial charge in [0, 0.05) is 11.3 Å². The Hall–Kier alpha value is -1.48. The van der Waals surface area contributed by atoms with Crippen LogP contribution in [0.15, 0.2) is 16.0 Å². The van der Waals surface area contributed by atoms with Crippen LogP contribution < -0.4 is 11.3 Å². The lowest BCUT2D eigenvalue weighted by molar-refractivity contribution is 0.712. The molecular formula is C10H12N4OS. The predicted molar refractivity (Wildman–Crippen MR) is 61.9 cm³/mol. The molecule has 6 heteroatoms. The van der Waals surface area contributed by atoms with Crippen LogP contribution in [0.3, 0.4) is 0 Å². The van der Waals surface area contributed by atoms with Gasteiger partial charge in [-0.1, -0.05) is 18.2 Å². The molecule has 16 heavy (non-hydrogen) atoms. The predicted octanol–water partition coefficient (Wildman–Crippen LogP) is 1.14. The van der Waals surface area contributed by atoms with Gasteiger partial charge in [-0.05, 0) is 12.8 Å². The molecule has 0 spiro atoms. The van der Waals surface area contributed by atoms with Crippen molar-refractivity contribution in [1.29, 1.82) is 5.26 Å². The van der Waals surface area contributed by atoms with Crippen LogP contribution in [0.4, 0.5) is 5.82 Å². The molecule has 0 radical (unpaired) electrons. The normalized spacial score (nSPS) is 24.2. The van der Waals surface area contributed by atoms with E-state index in [-0.39, 0.29) is 22.5 Å². The Bertz CT molecular complexity index is 478. The summed E-state index contributed by atoms with van der Waals surface area (Å²) in [6.45, 7) is 0. The fraction of sp³-hybridized carbons (Fsp3) is 0.500. The van der Waals surface area contributed by atoms with Gasteiger partial charge in [-0.25, -0.2) is 4.98 Å². The highest BCUT2D eigenvalue weighted by molar-refractivity contribution is 7.99. The number of nitrogens with one attached hydrogen (secondary N) is 1. The van der Waals surface area contributed by atoms with Gasteiger partial charge in [0.25, 0.3) is 5.56 Å². The van der Waals surface area contributed by atoms with Crippen LogP contribution >= 0.6 is 11.8 Å². The van der Waals surface area contributed by atoms with E-state index in [1.165, 1.54) is 17.8 Å². The summed E-state index contributed by atoms with van der Waals surface area (Å²) in [5.41, 5.74) is 5.24. The second kappa shape index (κ2) is 4.58. The number of nitriles is 1. The van der Waals surface area contributed by atoms with E-state index >= 15 is 0 Å². The van der Waals surface area contributed by atoms with Crippen molar-refractivity contribution in [3.63, 3.8) is 0 Å². The first-order valence-corrected chi connectivity index (χ1v) is 6.00. The number of nitrogens with zero attached hydrogens (tertiary/aromatic N) is 2. The summed E-state index contributed by atoms with van der Waals surface area (Å²) < 4.78 is 0. The van der Waals surface area contributed by atoms with Gasteiger partial charge in [-0.3, -0.25) is 4.79 Å². The number of anilines is 1. The molecule has 2 rings (SSSR count). The van der Waals surface area contributed by atoms with E-state index in [2.05, 4.69) is 16.0 Å². The zero-order chi connectivity index (χ0) is 11.5. The number of aromatic amines is 1. The molecule has 1 fully saturated rings. The van der Waals surface area contributed by atoms with Gasteiger partial charge in [0.05, 0.1) is 12.0 Å². The maximum absolute atomic E-state index is 11.2. The van der Waals surface area contributed by atoms with E-state index in [1.54, 1.807) is 0 Å². The molecular weight excluding hydrogens is 224 g/mol. The maximum atomic E-state index is 11.2. The van der Waals surface area contributed by atoms with Crippen molar-refractivity contribution in [1.82, 2.24) is 9.97 Å². The van der Waals surface area contributed by atoms with Gasteiger partial charge in [0.15, 0.2) is 5.16 Å². The summed E-state index contributed by atoms with van der Waals surface area (Å²) in [6.07, 6.45) is 2.98. The number of hydrogen-bond acceptors (Lipinski definition) is 5. The fourth-order valence-electron chi connectivity index (χ4n) is 1.87. The van der Waals surface area contributed by atoms with Crippen LogP contribution in [0.1, 0.15) is 19.3 Å². The zero-order valence-electron chi connectivity index (χ0n) is 8.64. The van der Waals surface area contributed by atoms with E-state index in [9.17, 15) is 4.79 Å². The molecule has 1 aliphatic rings. The third-order valence-corrected chi connectivity index (χ3v) is 3.90. The molecule has 0 amide bonds. The SMILES string of the molecule is N#CC1CCCC1Sc1nc(N)cc(=O)[nH]1. The van der Waals surface area contributed by atoms with Crippen molar-refractivity contribution in [3.8, 4) is 6.07 Å². The number of aromatic nitrogens is 2. The minimum absolute atomic E-state index is 0.0525. The number of hydrogen-bond donors (Lipinski definition) is 2. The van der Waals surface area contributed by atoms with Crippen molar-refractivity contribution in [2.45, 2.75) is 29.7 Å². The first-order chi connectivity index (χ1) is 7.69. The van der Waals surface area contributed by atoms with Crippen LogP contribution in [0.25, 0.3) is 0 Å². The quantitative estimate of drug-likeness (QED) is 0.750. The molecule has 84 valence electrons. The first kappa shape index (κ1) is 11.0. The molecule has 2 unspecified atom stereocenters. The molecule has 0 bridgehead atoms. The molecule has 1 aromatic rings. The van der Waals surface area contributed by atoms with Crippen LogP contribution in [0, 0.1) is 17.2 Å². The number of nitrogens with two attached hydrogens (primary N) is 1. The molecule has 3 N–H and O–H groups in total. The van der Waals surface area contributed by atoms with Crippen molar-refractivity contribution in [2.75, 3.05) is 5.73 Å². The fourth-order valence-corrected chi connectivity index (χ4v) is 3.12. The Morgan fingerprint density at radius 3 is 3.12 bits per heavy atom. The largest absolute Gasteiger partial charge is 0.383 e. The Labute approximate surface area is 97.1 Å². The maximum Gasteiger partial charge on any atom is 0.253 e. The molecule has 0 saturated heterocycles. The molecule has 5 nitrogen and oxygen atoms in total. The summed E-state index contributed by atoms with van der Waals surface area (Å²) in [4.78, 5) is 17.9. The van der Waals surface area contributed by atoms with Crippen molar-refractivity contribution in [3.05, 3.63) is 16.4 Å². The van der Waals surface area contributed by atoms with Gasteiger partial charge >= 0.3 is 0 Å². The molecule has 1 saturated carbocycles. The van der Waals surface area contributed by atoms with Crippen LogP contribution in [-0.4, -0.2) is 15.2 Å². The molecule has 1 heterocycles. The smallest absolute Gasteiger partial charge is 0.253 e. The topological polar surface area (TPSA) is 95.6 Å². The molecule has 0 aliphatic heterocycles. The van der Waals surface area contributed by atoms with E-state index in [4.69, 9.17) is 11.0 Å². The summed E-state index contributed by atoms with van der Waals surface area (Å²) >= 11 is 1.44. The number of thioether (sulfide) groups is 1. The summed E-state index contributed by atoms with van der Waals surface area (Å²) in [5.74, 6) is 0.273. The van der Waals surface area contributed by atoms with Gasteiger partial charge < -0.3 is 10.7 Å². The zero-order valence-corrected chi connectivity index (χ0v) is 9.46. The number of rotatable bonds is 2. The highest BCUT2D eigenvalue weighted by Gasteiger charge is 2.28. The minimum atomic E-state index is -0.249. The molecule has 1 aromatic heterocycles. The van der Waals surface area contributed by atoms with Gasteiger partial charge in [0.1, 0.15) is 5.82 Å². The summed E-state index contributed by atoms with van der Waals surface area (Å²) in [5, 5.41) is 9.67. The highest BCUT2D eigenvalue weighted by atomic mass is 32.2. The van der Waals surface area contributed by atoms with Gasteiger partial charge in [0.2, 0.25) is 0 Å². The van der Waals surface area contributed by atoms with Crippen LogP contribution in [-0.2, 0) is 0 Å². The average molecular weight is 236 g/mol. The van der Waals surface area contributed by atoms with Crippen molar-refractivity contribution >= 4 is 17.6 Å². The Balaban J connectivity index is 2.15. The van der Waals surface area contributed by atoms with Crippen molar-refractivity contribution < 1.29 is 0 Å². The van der Waals surface area contributed by atoms with Crippen molar-refractivity contribution in [2.24, 2.45) is 5.92 Å². The number of H-pyrrole nitrogens is 1. The van der Waals surface area contributed by atoms with E-state index < -0.39 is 0 Å². The Morgan fingerprint density at radius 2 is 2.44 bits per heavy atom. The average Bonchev–Trinajstić information content (AvgIpc) is 2.63.